The molecule has 1 aromatic rings. The number of aliphatic hydroxyl groups excluding tert-OH is 1. The molecule has 1 N–H and O–H groups in total. The predicted molar refractivity (Wildman–Crippen MR) is 77.4 cm³/mol. The van der Waals surface area contributed by atoms with Gasteiger partial charge in [0, 0.05) is 23.6 Å². The molecular weight excluding hydrogens is 312 g/mol. The van der Waals surface area contributed by atoms with Crippen LogP contribution in [0.5, 0.6) is 0 Å². The number of rotatable bonds is 3. The van der Waals surface area contributed by atoms with Crippen molar-refractivity contribution in [3.8, 4) is 0 Å². The number of nitro groups is 1. The van der Waals surface area contributed by atoms with Crippen LogP contribution in [0.2, 0.25) is 0 Å². The van der Waals surface area contributed by atoms with E-state index in [-0.39, 0.29) is 16.7 Å². The zero-order chi connectivity index (χ0) is 14.0. The molecule has 0 radical (unpaired) electrons. The Morgan fingerprint density at radius 2 is 2.11 bits per heavy atom. The highest BCUT2D eigenvalue weighted by Gasteiger charge is 2.26. The molecule has 1 saturated heterocycles. The van der Waals surface area contributed by atoms with Crippen molar-refractivity contribution in [1.82, 2.24) is 0 Å². The summed E-state index contributed by atoms with van der Waals surface area (Å²) in [5, 5.41) is 20.7. The molecule has 19 heavy (non-hydrogen) atoms. The van der Waals surface area contributed by atoms with Crippen LogP contribution >= 0.6 is 15.9 Å². The largest absolute Gasteiger partial charge is 0.393 e. The number of hydrogen-bond acceptors (Lipinski definition) is 4. The van der Waals surface area contributed by atoms with Gasteiger partial charge < -0.3 is 10.0 Å². The second-order valence-corrected chi connectivity index (χ2v) is 5.87. The quantitative estimate of drug-likeness (QED) is 0.684. The van der Waals surface area contributed by atoms with E-state index >= 15 is 0 Å². The molecule has 0 aromatic heterocycles. The number of benzene rings is 1. The number of halogens is 1. The molecule has 1 aromatic carbocycles. The van der Waals surface area contributed by atoms with Gasteiger partial charge in [0.2, 0.25) is 0 Å². The van der Waals surface area contributed by atoms with E-state index in [1.54, 1.807) is 12.1 Å². The van der Waals surface area contributed by atoms with Gasteiger partial charge in [-0.05, 0) is 37.8 Å². The summed E-state index contributed by atoms with van der Waals surface area (Å²) in [5.41, 5.74) is 0.794. The first-order valence-corrected chi connectivity index (χ1v) is 7.15. The van der Waals surface area contributed by atoms with Crippen LogP contribution in [0.1, 0.15) is 19.8 Å². The maximum atomic E-state index is 11.1. The Morgan fingerprint density at radius 3 is 2.63 bits per heavy atom. The molecule has 0 bridgehead atoms. The third-order valence-electron chi connectivity index (χ3n) is 3.70. The van der Waals surface area contributed by atoms with Crippen LogP contribution in [0.4, 0.5) is 11.4 Å². The van der Waals surface area contributed by atoms with E-state index in [2.05, 4.69) is 15.9 Å². The van der Waals surface area contributed by atoms with E-state index in [9.17, 15) is 15.2 Å². The predicted octanol–water partition coefficient (Wildman–Crippen LogP) is 2.95. The molecule has 0 saturated carbocycles. The van der Waals surface area contributed by atoms with Crippen molar-refractivity contribution in [2.75, 3.05) is 18.0 Å². The summed E-state index contributed by atoms with van der Waals surface area (Å²) < 4.78 is 0.839. The lowest BCUT2D eigenvalue weighted by Gasteiger charge is -2.34. The van der Waals surface area contributed by atoms with Crippen LogP contribution in [0.3, 0.4) is 0 Å². The highest BCUT2D eigenvalue weighted by molar-refractivity contribution is 9.10. The van der Waals surface area contributed by atoms with E-state index in [0.717, 1.165) is 30.4 Å². The van der Waals surface area contributed by atoms with Gasteiger partial charge in [-0.15, -0.1) is 0 Å². The molecule has 1 fully saturated rings. The van der Waals surface area contributed by atoms with Crippen LogP contribution < -0.4 is 4.90 Å². The Bertz CT molecular complexity index is 471. The lowest BCUT2D eigenvalue weighted by atomic mass is 9.92. The average molecular weight is 329 g/mol. The van der Waals surface area contributed by atoms with Gasteiger partial charge in [-0.3, -0.25) is 10.1 Å². The molecule has 1 unspecified atom stereocenters. The van der Waals surface area contributed by atoms with E-state index < -0.39 is 0 Å². The minimum absolute atomic E-state index is 0.138. The average Bonchev–Trinajstić information content (AvgIpc) is 2.38. The number of nitro benzene ring substituents is 1. The molecule has 6 heteroatoms. The Morgan fingerprint density at radius 1 is 1.47 bits per heavy atom. The third kappa shape index (κ3) is 3.25. The minimum atomic E-state index is -0.345. The van der Waals surface area contributed by atoms with Crippen molar-refractivity contribution >= 4 is 27.3 Å². The molecule has 0 amide bonds. The van der Waals surface area contributed by atoms with Crippen molar-refractivity contribution in [3.63, 3.8) is 0 Å². The Kier molecular flexibility index (Phi) is 4.42. The maximum Gasteiger partial charge on any atom is 0.292 e. The minimum Gasteiger partial charge on any atom is -0.393 e. The van der Waals surface area contributed by atoms with Gasteiger partial charge in [0.1, 0.15) is 5.69 Å². The van der Waals surface area contributed by atoms with Crippen molar-refractivity contribution in [3.05, 3.63) is 32.8 Å². The van der Waals surface area contributed by atoms with Crippen LogP contribution in [0.15, 0.2) is 22.7 Å². The third-order valence-corrected chi connectivity index (χ3v) is 4.19. The SMILES string of the molecule is CC(O)C1CCN(c2cc(Br)ccc2[N+](=O)[O-])CC1. The van der Waals surface area contributed by atoms with Gasteiger partial charge in [-0.1, -0.05) is 15.9 Å². The summed E-state index contributed by atoms with van der Waals surface area (Å²) in [6.45, 7) is 3.29. The van der Waals surface area contributed by atoms with Gasteiger partial charge in [-0.2, -0.15) is 0 Å². The van der Waals surface area contributed by atoms with Gasteiger partial charge in [0.15, 0.2) is 0 Å². The van der Waals surface area contributed by atoms with E-state index in [0.29, 0.717) is 11.6 Å². The van der Waals surface area contributed by atoms with E-state index in [4.69, 9.17) is 0 Å². The van der Waals surface area contributed by atoms with Crippen molar-refractivity contribution in [1.29, 1.82) is 0 Å². The fourth-order valence-corrected chi connectivity index (χ4v) is 2.88. The highest BCUT2D eigenvalue weighted by Crippen LogP contribution is 2.34. The Hall–Kier alpha value is -1.14. The van der Waals surface area contributed by atoms with E-state index in [1.807, 2.05) is 11.8 Å². The molecule has 0 spiro atoms. The second kappa shape index (κ2) is 5.88. The van der Waals surface area contributed by atoms with Crippen LogP contribution in [0.25, 0.3) is 0 Å². The standard InChI is InChI=1S/C13H17BrN2O3/c1-9(17)10-4-6-15(7-5-10)13-8-11(14)2-3-12(13)16(18)19/h2-3,8-10,17H,4-7H2,1H3. The van der Waals surface area contributed by atoms with E-state index in [1.165, 1.54) is 6.07 Å². The van der Waals surface area contributed by atoms with Crippen molar-refractivity contribution in [2.24, 2.45) is 5.92 Å². The molecule has 1 heterocycles. The van der Waals surface area contributed by atoms with Gasteiger partial charge >= 0.3 is 0 Å². The summed E-state index contributed by atoms with van der Waals surface area (Å²) in [5.74, 6) is 0.294. The monoisotopic (exact) mass is 328 g/mol. The maximum absolute atomic E-state index is 11.1. The molecule has 1 atom stereocenters. The normalized spacial score (nSPS) is 18.4. The molecule has 0 aliphatic carbocycles. The number of anilines is 1. The fraction of sp³-hybridized carbons (Fsp3) is 0.538. The number of nitrogens with zero attached hydrogens (tertiary/aromatic N) is 2. The van der Waals surface area contributed by atoms with Crippen molar-refractivity contribution in [2.45, 2.75) is 25.9 Å². The molecule has 1 aliphatic rings. The summed E-state index contributed by atoms with van der Waals surface area (Å²) in [6.07, 6.45) is 1.42. The van der Waals surface area contributed by atoms with Crippen molar-refractivity contribution < 1.29 is 10.0 Å². The zero-order valence-corrected chi connectivity index (χ0v) is 12.3. The molecule has 1 aliphatic heterocycles. The molecule has 2 rings (SSSR count). The summed E-state index contributed by atoms with van der Waals surface area (Å²) in [6, 6.07) is 5.01. The summed E-state index contributed by atoms with van der Waals surface area (Å²) >= 11 is 3.36. The Balaban J connectivity index is 2.19. The van der Waals surface area contributed by atoms with Gasteiger partial charge in [0.25, 0.3) is 5.69 Å². The lowest BCUT2D eigenvalue weighted by molar-refractivity contribution is -0.384. The van der Waals surface area contributed by atoms with Crippen LogP contribution in [0, 0.1) is 16.0 Å². The summed E-state index contributed by atoms with van der Waals surface area (Å²) in [4.78, 5) is 12.8. The lowest BCUT2D eigenvalue weighted by Crippen LogP contribution is -2.37. The second-order valence-electron chi connectivity index (χ2n) is 4.96. The van der Waals surface area contributed by atoms with Gasteiger partial charge in [-0.25, -0.2) is 0 Å². The smallest absolute Gasteiger partial charge is 0.292 e. The Labute approximate surface area is 120 Å². The molecule has 104 valence electrons. The first-order chi connectivity index (χ1) is 8.99. The summed E-state index contributed by atoms with van der Waals surface area (Å²) in [7, 11) is 0. The number of hydrogen-bond donors (Lipinski definition) is 1. The number of piperidine rings is 1. The van der Waals surface area contributed by atoms with Gasteiger partial charge in [0.05, 0.1) is 11.0 Å². The van der Waals surface area contributed by atoms with Crippen LogP contribution in [-0.4, -0.2) is 29.2 Å². The molecule has 5 nitrogen and oxygen atoms in total. The highest BCUT2D eigenvalue weighted by atomic mass is 79.9. The molecular formula is C13H17BrN2O3. The van der Waals surface area contributed by atoms with Crippen LogP contribution in [-0.2, 0) is 0 Å². The fourth-order valence-electron chi connectivity index (χ4n) is 2.53. The number of aliphatic hydroxyl groups is 1. The zero-order valence-electron chi connectivity index (χ0n) is 10.8. The first-order valence-electron chi connectivity index (χ1n) is 6.36. The first kappa shape index (κ1) is 14.3. The topological polar surface area (TPSA) is 66.6 Å².